The van der Waals surface area contributed by atoms with Crippen LogP contribution < -0.4 is 0 Å². The van der Waals surface area contributed by atoms with Crippen LogP contribution in [0.1, 0.15) is 11.1 Å². The molecule has 0 saturated heterocycles. The van der Waals surface area contributed by atoms with Crippen molar-refractivity contribution in [3.8, 4) is 0 Å². The quantitative estimate of drug-likeness (QED) is 0.582. The molecule has 1 aromatic rings. The standard InChI is InChI=1S/C11H10O4/c1-8-2-4-9(5-3-8)11(6-12,7-13)10(14)15/h2-7H,1H3,(H,14,15). The fourth-order valence-corrected chi connectivity index (χ4v) is 1.22. The second-order valence-electron chi connectivity index (χ2n) is 3.28. The molecule has 0 amide bonds. The van der Waals surface area contributed by atoms with E-state index < -0.39 is 11.4 Å². The summed E-state index contributed by atoms with van der Waals surface area (Å²) < 4.78 is 0. The van der Waals surface area contributed by atoms with Gasteiger partial charge in [0.15, 0.2) is 0 Å². The fraction of sp³-hybridized carbons (Fsp3) is 0.182. The third kappa shape index (κ3) is 1.79. The summed E-state index contributed by atoms with van der Waals surface area (Å²) in [5, 5.41) is 8.88. The van der Waals surface area contributed by atoms with E-state index in [0.29, 0.717) is 0 Å². The molecule has 78 valence electrons. The molecule has 1 rings (SSSR count). The smallest absolute Gasteiger partial charge is 0.328 e. The molecule has 0 atom stereocenters. The largest absolute Gasteiger partial charge is 0.480 e. The van der Waals surface area contributed by atoms with Gasteiger partial charge in [0.05, 0.1) is 0 Å². The van der Waals surface area contributed by atoms with Crippen molar-refractivity contribution in [1.29, 1.82) is 0 Å². The van der Waals surface area contributed by atoms with Crippen molar-refractivity contribution >= 4 is 18.5 Å². The molecule has 0 heterocycles. The first kappa shape index (κ1) is 11.1. The van der Waals surface area contributed by atoms with Crippen molar-refractivity contribution in [3.63, 3.8) is 0 Å². The number of carbonyl (C=O) groups excluding carboxylic acids is 2. The third-order valence-electron chi connectivity index (χ3n) is 2.25. The summed E-state index contributed by atoms with van der Waals surface area (Å²) in [7, 11) is 0. The van der Waals surface area contributed by atoms with Gasteiger partial charge in [-0.05, 0) is 12.5 Å². The predicted octanol–water partition coefficient (Wildman–Crippen LogP) is 0.715. The molecule has 0 aromatic heterocycles. The monoisotopic (exact) mass is 206 g/mol. The van der Waals surface area contributed by atoms with E-state index in [1.165, 1.54) is 12.1 Å². The van der Waals surface area contributed by atoms with Crippen LogP contribution >= 0.6 is 0 Å². The second-order valence-corrected chi connectivity index (χ2v) is 3.28. The van der Waals surface area contributed by atoms with Gasteiger partial charge < -0.3 is 14.7 Å². The van der Waals surface area contributed by atoms with Crippen molar-refractivity contribution in [2.24, 2.45) is 0 Å². The van der Waals surface area contributed by atoms with Crippen LogP contribution in [0, 0.1) is 6.92 Å². The van der Waals surface area contributed by atoms with Crippen LogP contribution in [0.15, 0.2) is 24.3 Å². The minimum absolute atomic E-state index is 0.146. The molecule has 1 aromatic carbocycles. The Morgan fingerprint density at radius 1 is 1.20 bits per heavy atom. The molecular formula is C11H10O4. The third-order valence-corrected chi connectivity index (χ3v) is 2.25. The molecule has 0 saturated carbocycles. The molecule has 1 N–H and O–H groups in total. The molecule has 4 heteroatoms. The topological polar surface area (TPSA) is 71.4 Å². The number of benzene rings is 1. The number of carbonyl (C=O) groups is 3. The highest BCUT2D eigenvalue weighted by atomic mass is 16.4. The minimum atomic E-state index is -2.08. The average Bonchev–Trinajstić information content (AvgIpc) is 2.22. The van der Waals surface area contributed by atoms with Crippen molar-refractivity contribution in [2.45, 2.75) is 12.3 Å². The predicted molar refractivity (Wildman–Crippen MR) is 52.6 cm³/mol. The fourth-order valence-electron chi connectivity index (χ4n) is 1.22. The second kappa shape index (κ2) is 4.04. The summed E-state index contributed by atoms with van der Waals surface area (Å²) in [6.45, 7) is 1.83. The number of carboxylic acids is 1. The maximum absolute atomic E-state index is 10.9. The van der Waals surface area contributed by atoms with Gasteiger partial charge in [0.2, 0.25) is 5.41 Å². The number of aldehydes is 2. The molecule has 0 fully saturated rings. The van der Waals surface area contributed by atoms with E-state index in [1.807, 2.05) is 6.92 Å². The highest BCUT2D eigenvalue weighted by molar-refractivity contribution is 6.14. The van der Waals surface area contributed by atoms with Crippen LogP contribution in [0.25, 0.3) is 0 Å². The first-order valence-electron chi connectivity index (χ1n) is 4.30. The van der Waals surface area contributed by atoms with E-state index in [9.17, 15) is 14.4 Å². The number of hydrogen-bond acceptors (Lipinski definition) is 3. The van der Waals surface area contributed by atoms with Crippen molar-refractivity contribution in [2.75, 3.05) is 0 Å². The van der Waals surface area contributed by atoms with E-state index in [-0.39, 0.29) is 18.1 Å². The molecule has 15 heavy (non-hydrogen) atoms. The zero-order chi connectivity index (χ0) is 11.5. The summed E-state index contributed by atoms with van der Waals surface area (Å²) in [6.07, 6.45) is 0.292. The number of hydrogen-bond donors (Lipinski definition) is 1. The summed E-state index contributed by atoms with van der Waals surface area (Å²) in [6, 6.07) is 6.23. The van der Waals surface area contributed by atoms with Crippen LogP contribution in [-0.4, -0.2) is 23.6 Å². The van der Waals surface area contributed by atoms with Gasteiger partial charge in [-0.2, -0.15) is 0 Å². The van der Waals surface area contributed by atoms with Crippen molar-refractivity contribution < 1.29 is 19.5 Å². The van der Waals surface area contributed by atoms with Gasteiger partial charge in [0.25, 0.3) is 0 Å². The maximum atomic E-state index is 10.9. The summed E-state index contributed by atoms with van der Waals surface area (Å²) >= 11 is 0. The van der Waals surface area contributed by atoms with E-state index in [1.54, 1.807) is 12.1 Å². The van der Waals surface area contributed by atoms with Gasteiger partial charge in [0, 0.05) is 0 Å². The van der Waals surface area contributed by atoms with Crippen LogP contribution in [0.2, 0.25) is 0 Å². The van der Waals surface area contributed by atoms with Gasteiger partial charge >= 0.3 is 5.97 Å². The van der Waals surface area contributed by atoms with Gasteiger partial charge in [-0.25, -0.2) is 0 Å². The Morgan fingerprint density at radius 3 is 2.00 bits per heavy atom. The van der Waals surface area contributed by atoms with E-state index in [4.69, 9.17) is 5.11 Å². The minimum Gasteiger partial charge on any atom is -0.480 e. The molecule has 0 aliphatic carbocycles. The van der Waals surface area contributed by atoms with Gasteiger partial charge in [-0.1, -0.05) is 29.8 Å². The lowest BCUT2D eigenvalue weighted by Crippen LogP contribution is -2.39. The normalized spacial score (nSPS) is 10.7. The number of carboxylic acid groups (broad SMARTS) is 1. The van der Waals surface area contributed by atoms with Crippen LogP contribution in [0.3, 0.4) is 0 Å². The summed E-state index contributed by atoms with van der Waals surface area (Å²) in [5.41, 5.74) is -0.978. The first-order valence-corrected chi connectivity index (χ1v) is 4.30. The van der Waals surface area contributed by atoms with E-state index in [0.717, 1.165) is 5.56 Å². The molecule has 0 aliphatic rings. The molecule has 0 bridgehead atoms. The highest BCUT2D eigenvalue weighted by Crippen LogP contribution is 2.20. The maximum Gasteiger partial charge on any atom is 0.328 e. The Kier molecular flexibility index (Phi) is 2.99. The highest BCUT2D eigenvalue weighted by Gasteiger charge is 2.40. The number of rotatable bonds is 4. The molecule has 0 radical (unpaired) electrons. The van der Waals surface area contributed by atoms with Gasteiger partial charge in [0.1, 0.15) is 12.6 Å². The Balaban J connectivity index is 3.32. The van der Waals surface area contributed by atoms with Gasteiger partial charge in [-0.15, -0.1) is 0 Å². The molecule has 4 nitrogen and oxygen atoms in total. The lowest BCUT2D eigenvalue weighted by molar-refractivity contribution is -0.147. The molecular weight excluding hydrogens is 196 g/mol. The van der Waals surface area contributed by atoms with Crippen LogP contribution in [-0.2, 0) is 19.8 Å². The number of aryl methyl sites for hydroxylation is 1. The Bertz CT molecular complexity index is 384. The lowest BCUT2D eigenvalue weighted by atomic mass is 9.83. The lowest BCUT2D eigenvalue weighted by Gasteiger charge is -2.16. The Morgan fingerprint density at radius 2 is 1.67 bits per heavy atom. The summed E-state index contributed by atoms with van der Waals surface area (Å²) in [4.78, 5) is 32.5. The Hall–Kier alpha value is -1.97. The van der Waals surface area contributed by atoms with Crippen LogP contribution in [0.5, 0.6) is 0 Å². The van der Waals surface area contributed by atoms with Crippen molar-refractivity contribution in [3.05, 3.63) is 35.4 Å². The first-order chi connectivity index (χ1) is 7.06. The Labute approximate surface area is 86.5 Å². The van der Waals surface area contributed by atoms with Gasteiger partial charge in [-0.3, -0.25) is 4.79 Å². The zero-order valence-corrected chi connectivity index (χ0v) is 8.14. The van der Waals surface area contributed by atoms with Crippen LogP contribution in [0.4, 0.5) is 0 Å². The number of aliphatic carboxylic acids is 1. The van der Waals surface area contributed by atoms with Crippen molar-refractivity contribution in [1.82, 2.24) is 0 Å². The average molecular weight is 206 g/mol. The zero-order valence-electron chi connectivity index (χ0n) is 8.14. The van der Waals surface area contributed by atoms with E-state index in [2.05, 4.69) is 0 Å². The molecule has 0 unspecified atom stereocenters. The molecule has 0 aliphatic heterocycles. The summed E-state index contributed by atoms with van der Waals surface area (Å²) in [5.74, 6) is -1.46. The molecule has 0 spiro atoms. The SMILES string of the molecule is Cc1ccc(C(C=O)(C=O)C(=O)O)cc1. The van der Waals surface area contributed by atoms with E-state index >= 15 is 0 Å².